The number of nitrogens with zero attached hydrogens (tertiary/aromatic N) is 1. The van der Waals surface area contributed by atoms with E-state index < -0.39 is 16.1 Å². The maximum Gasteiger partial charge on any atom is 0.258 e. The molecule has 1 aromatic carbocycles. The fourth-order valence-corrected chi connectivity index (χ4v) is 2.89. The summed E-state index contributed by atoms with van der Waals surface area (Å²) in [5.74, 6) is 5.33. The van der Waals surface area contributed by atoms with E-state index >= 15 is 0 Å². The summed E-state index contributed by atoms with van der Waals surface area (Å²) in [5, 5.41) is 8.66. The average Bonchev–Trinajstić information content (AvgIpc) is 3.00. The Labute approximate surface area is 123 Å². The molecule has 0 amide bonds. The summed E-state index contributed by atoms with van der Waals surface area (Å²) < 4.78 is 26.7. The van der Waals surface area contributed by atoms with Gasteiger partial charge in [0, 0.05) is 11.6 Å². The van der Waals surface area contributed by atoms with E-state index in [0.717, 1.165) is 11.1 Å². The second kappa shape index (κ2) is 6.54. The van der Waals surface area contributed by atoms with E-state index in [2.05, 4.69) is 26.5 Å². The minimum absolute atomic E-state index is 0.0276. The van der Waals surface area contributed by atoms with Crippen LogP contribution in [-0.2, 0) is 10.0 Å². The first-order valence-corrected chi connectivity index (χ1v) is 7.71. The van der Waals surface area contributed by atoms with Crippen molar-refractivity contribution in [2.75, 3.05) is 6.61 Å². The summed E-state index contributed by atoms with van der Waals surface area (Å²) in [7, 11) is -3.62. The quantitative estimate of drug-likeness (QED) is 0.728. The lowest BCUT2D eigenvalue weighted by atomic mass is 10.1. The van der Waals surface area contributed by atoms with Gasteiger partial charge in [0.25, 0.3) is 10.0 Å². The molecule has 6 nitrogen and oxygen atoms in total. The lowest BCUT2D eigenvalue weighted by Crippen LogP contribution is -2.27. The fraction of sp³-hybridized carbons (Fsp3) is 0.214. The van der Waals surface area contributed by atoms with Crippen LogP contribution in [0.15, 0.2) is 41.8 Å². The highest BCUT2D eigenvalue weighted by Gasteiger charge is 2.19. The smallest absolute Gasteiger partial charge is 0.258 e. The Kier molecular flexibility index (Phi) is 4.75. The van der Waals surface area contributed by atoms with E-state index in [1.54, 1.807) is 31.2 Å². The van der Waals surface area contributed by atoms with Gasteiger partial charge in [-0.15, -0.1) is 0 Å². The van der Waals surface area contributed by atoms with E-state index in [9.17, 15) is 8.42 Å². The lowest BCUT2D eigenvalue weighted by Gasteiger charge is -2.13. The number of benzene rings is 1. The summed E-state index contributed by atoms with van der Waals surface area (Å²) in [6.07, 6.45) is 2.57. The van der Waals surface area contributed by atoms with E-state index in [4.69, 9.17) is 5.11 Å². The molecule has 0 radical (unpaired) electrons. The Morgan fingerprint density at radius 3 is 2.67 bits per heavy atom. The Morgan fingerprint density at radius 2 is 2.10 bits per heavy atom. The molecule has 0 aliphatic heterocycles. The fourth-order valence-electron chi connectivity index (χ4n) is 1.75. The SMILES string of the molecule is CC(NS(=O)(=O)c1cnc[nH]1)c1ccc(C#CCO)cc1. The topological polar surface area (TPSA) is 95.1 Å². The number of aliphatic hydroxyl groups is 1. The molecule has 0 aliphatic carbocycles. The third kappa shape index (κ3) is 3.92. The van der Waals surface area contributed by atoms with Gasteiger partial charge in [0.05, 0.1) is 12.5 Å². The van der Waals surface area contributed by atoms with Crippen LogP contribution in [0.3, 0.4) is 0 Å². The van der Waals surface area contributed by atoms with Gasteiger partial charge in [0.2, 0.25) is 0 Å². The van der Waals surface area contributed by atoms with Crippen molar-refractivity contribution in [2.45, 2.75) is 18.0 Å². The van der Waals surface area contributed by atoms with Crippen LogP contribution < -0.4 is 4.72 Å². The monoisotopic (exact) mass is 305 g/mol. The van der Waals surface area contributed by atoms with Gasteiger partial charge < -0.3 is 10.1 Å². The Balaban J connectivity index is 2.12. The number of aromatic nitrogens is 2. The van der Waals surface area contributed by atoms with Gasteiger partial charge in [-0.1, -0.05) is 24.0 Å². The summed E-state index contributed by atoms with van der Waals surface area (Å²) in [4.78, 5) is 6.26. The number of aromatic amines is 1. The Bertz CT molecular complexity index is 741. The molecule has 1 unspecified atom stereocenters. The molecule has 110 valence electrons. The predicted octanol–water partition coefficient (Wildman–Crippen LogP) is 0.793. The number of rotatable bonds is 4. The number of nitrogens with one attached hydrogen (secondary N) is 2. The number of hydrogen-bond donors (Lipinski definition) is 3. The highest BCUT2D eigenvalue weighted by atomic mass is 32.2. The first kappa shape index (κ1) is 15.3. The molecule has 3 N–H and O–H groups in total. The van der Waals surface area contributed by atoms with Gasteiger partial charge in [-0.05, 0) is 24.6 Å². The van der Waals surface area contributed by atoms with Crippen molar-refractivity contribution in [3.8, 4) is 11.8 Å². The molecular formula is C14H15N3O3S. The average molecular weight is 305 g/mol. The van der Waals surface area contributed by atoms with Crippen molar-refractivity contribution in [2.24, 2.45) is 0 Å². The molecule has 0 saturated carbocycles. The molecule has 1 aromatic heterocycles. The van der Waals surface area contributed by atoms with Crippen LogP contribution in [0.5, 0.6) is 0 Å². The Morgan fingerprint density at radius 1 is 1.38 bits per heavy atom. The summed E-state index contributed by atoms with van der Waals surface area (Å²) in [6, 6.07) is 6.75. The van der Waals surface area contributed by atoms with Crippen molar-refractivity contribution in [3.05, 3.63) is 47.9 Å². The number of sulfonamides is 1. The van der Waals surface area contributed by atoms with E-state index in [-0.39, 0.29) is 11.6 Å². The number of H-pyrrole nitrogens is 1. The molecule has 1 atom stereocenters. The van der Waals surface area contributed by atoms with Gasteiger partial charge in [0.15, 0.2) is 5.03 Å². The third-order valence-electron chi connectivity index (χ3n) is 2.82. The van der Waals surface area contributed by atoms with Crippen LogP contribution in [0.1, 0.15) is 24.1 Å². The number of aliphatic hydroxyl groups excluding tert-OH is 1. The zero-order valence-electron chi connectivity index (χ0n) is 11.4. The maximum absolute atomic E-state index is 12.1. The van der Waals surface area contributed by atoms with Gasteiger partial charge in [-0.25, -0.2) is 18.1 Å². The van der Waals surface area contributed by atoms with Crippen molar-refractivity contribution in [1.29, 1.82) is 0 Å². The van der Waals surface area contributed by atoms with Crippen molar-refractivity contribution >= 4 is 10.0 Å². The minimum atomic E-state index is -3.62. The summed E-state index contributed by atoms with van der Waals surface area (Å²) in [6.45, 7) is 1.56. The van der Waals surface area contributed by atoms with E-state index in [1.807, 2.05) is 0 Å². The number of hydrogen-bond acceptors (Lipinski definition) is 4. The van der Waals surface area contributed by atoms with Crippen molar-refractivity contribution in [3.63, 3.8) is 0 Å². The highest BCUT2D eigenvalue weighted by Crippen LogP contribution is 2.16. The zero-order valence-corrected chi connectivity index (χ0v) is 12.2. The molecule has 0 fully saturated rings. The summed E-state index contributed by atoms with van der Waals surface area (Å²) >= 11 is 0. The molecule has 0 spiro atoms. The van der Waals surface area contributed by atoms with Crippen molar-refractivity contribution < 1.29 is 13.5 Å². The van der Waals surface area contributed by atoms with Crippen LogP contribution >= 0.6 is 0 Å². The molecule has 0 saturated heterocycles. The van der Waals surface area contributed by atoms with Gasteiger partial charge in [-0.3, -0.25) is 0 Å². The standard InChI is InChI=1S/C14H15N3O3S/c1-11(17-21(19,20)14-9-15-10-16-14)13-6-4-12(5-7-13)3-2-8-18/h4-7,9-11,17-18H,8H2,1H3,(H,15,16). The van der Waals surface area contributed by atoms with E-state index in [1.165, 1.54) is 12.5 Å². The van der Waals surface area contributed by atoms with Gasteiger partial charge in [0.1, 0.15) is 6.61 Å². The van der Waals surface area contributed by atoms with Gasteiger partial charge in [-0.2, -0.15) is 0 Å². The molecule has 7 heteroatoms. The van der Waals surface area contributed by atoms with Crippen molar-refractivity contribution in [1.82, 2.24) is 14.7 Å². The maximum atomic E-state index is 12.1. The third-order valence-corrected chi connectivity index (χ3v) is 4.28. The zero-order chi connectivity index (χ0) is 15.3. The second-order valence-corrected chi connectivity index (χ2v) is 6.02. The molecule has 2 rings (SSSR count). The second-order valence-electron chi connectivity index (χ2n) is 4.34. The summed E-state index contributed by atoms with van der Waals surface area (Å²) in [5.41, 5.74) is 1.57. The van der Waals surface area contributed by atoms with Crippen LogP contribution in [0.4, 0.5) is 0 Å². The first-order valence-electron chi connectivity index (χ1n) is 6.23. The normalized spacial score (nSPS) is 12.5. The molecular weight excluding hydrogens is 290 g/mol. The van der Waals surface area contributed by atoms with Crippen LogP contribution in [0.25, 0.3) is 0 Å². The largest absolute Gasteiger partial charge is 0.384 e. The van der Waals surface area contributed by atoms with Crippen LogP contribution in [-0.4, -0.2) is 30.1 Å². The molecule has 1 heterocycles. The van der Waals surface area contributed by atoms with Crippen LogP contribution in [0.2, 0.25) is 0 Å². The first-order chi connectivity index (χ1) is 10.0. The molecule has 0 aliphatic rings. The predicted molar refractivity (Wildman–Crippen MR) is 77.7 cm³/mol. The Hall–Kier alpha value is -2.14. The van der Waals surface area contributed by atoms with Crippen LogP contribution in [0, 0.1) is 11.8 Å². The molecule has 0 bridgehead atoms. The molecule has 2 aromatic rings. The number of imidazole rings is 1. The molecule has 21 heavy (non-hydrogen) atoms. The highest BCUT2D eigenvalue weighted by molar-refractivity contribution is 7.89. The van der Waals surface area contributed by atoms with Gasteiger partial charge >= 0.3 is 0 Å². The minimum Gasteiger partial charge on any atom is -0.384 e. The van der Waals surface area contributed by atoms with E-state index in [0.29, 0.717) is 0 Å². The lowest BCUT2D eigenvalue weighted by molar-refractivity contribution is 0.350.